The van der Waals surface area contributed by atoms with Crippen LogP contribution >= 0.6 is 0 Å². The van der Waals surface area contributed by atoms with E-state index in [0.29, 0.717) is 12.1 Å². The molecule has 0 saturated carbocycles. The third-order valence-corrected chi connectivity index (χ3v) is 6.12. The molecule has 1 amide bonds. The van der Waals surface area contributed by atoms with Crippen molar-refractivity contribution in [1.29, 1.82) is 5.26 Å². The molecular formula is C23H24F3N3O3S. The Labute approximate surface area is 191 Å². The lowest BCUT2D eigenvalue weighted by molar-refractivity contribution is -0.137. The number of amides is 1. The van der Waals surface area contributed by atoms with Crippen molar-refractivity contribution in [3.05, 3.63) is 71.3 Å². The predicted molar refractivity (Wildman–Crippen MR) is 119 cm³/mol. The van der Waals surface area contributed by atoms with E-state index in [-0.39, 0.29) is 34.4 Å². The zero-order chi connectivity index (χ0) is 25.0. The van der Waals surface area contributed by atoms with Crippen LogP contribution < -0.4 is 10.0 Å². The standard InChI is InChI=1S/C23H24F3N3O3S/c1-15(14-27)11-12-28-21(30)19-10-7-17(23(24,25)26)13-20(19)29-33(31,32)18-8-5-16(6-9-18)22(2,3)4/h5-10,13,29H,1,11-12H2,2-4H3,(H,28,30). The molecule has 0 heterocycles. The number of benzene rings is 2. The number of sulfonamides is 1. The first-order valence-corrected chi connectivity index (χ1v) is 11.3. The van der Waals surface area contributed by atoms with Gasteiger partial charge in [-0.05, 0) is 47.7 Å². The summed E-state index contributed by atoms with van der Waals surface area (Å²) in [6.45, 7) is 9.34. The first-order valence-electron chi connectivity index (χ1n) is 9.86. The van der Waals surface area contributed by atoms with Gasteiger partial charge in [-0.15, -0.1) is 0 Å². The van der Waals surface area contributed by atoms with Gasteiger partial charge in [-0.2, -0.15) is 18.4 Å². The molecule has 0 aliphatic rings. The number of nitriles is 1. The van der Waals surface area contributed by atoms with Gasteiger partial charge in [-0.25, -0.2) is 8.42 Å². The van der Waals surface area contributed by atoms with Crippen LogP contribution in [0.5, 0.6) is 0 Å². The van der Waals surface area contributed by atoms with Gasteiger partial charge >= 0.3 is 6.18 Å². The van der Waals surface area contributed by atoms with E-state index in [1.807, 2.05) is 26.8 Å². The highest BCUT2D eigenvalue weighted by Gasteiger charge is 2.32. The van der Waals surface area contributed by atoms with Gasteiger partial charge in [-0.3, -0.25) is 9.52 Å². The number of hydrogen-bond donors (Lipinski definition) is 2. The second-order valence-electron chi connectivity index (χ2n) is 8.36. The average Bonchev–Trinajstić information content (AvgIpc) is 2.72. The Kier molecular flexibility index (Phi) is 7.60. The fourth-order valence-electron chi connectivity index (χ4n) is 2.82. The highest BCUT2D eigenvalue weighted by molar-refractivity contribution is 7.92. The molecule has 0 spiro atoms. The molecule has 10 heteroatoms. The molecular weight excluding hydrogens is 455 g/mol. The second-order valence-corrected chi connectivity index (χ2v) is 10.0. The van der Waals surface area contributed by atoms with Crippen LogP contribution in [0.3, 0.4) is 0 Å². The van der Waals surface area contributed by atoms with Crippen molar-refractivity contribution in [2.75, 3.05) is 11.3 Å². The van der Waals surface area contributed by atoms with E-state index in [9.17, 15) is 26.4 Å². The summed E-state index contributed by atoms with van der Waals surface area (Å²) < 4.78 is 67.5. The number of carbonyl (C=O) groups excluding carboxylic acids is 1. The smallest absolute Gasteiger partial charge is 0.352 e. The Balaban J connectivity index is 2.40. The molecule has 0 aromatic heterocycles. The maximum Gasteiger partial charge on any atom is 0.416 e. The molecule has 6 nitrogen and oxygen atoms in total. The van der Waals surface area contributed by atoms with Crippen LogP contribution in [0.2, 0.25) is 0 Å². The van der Waals surface area contributed by atoms with Crippen molar-refractivity contribution in [3.63, 3.8) is 0 Å². The highest BCUT2D eigenvalue weighted by Crippen LogP contribution is 2.33. The van der Waals surface area contributed by atoms with Gasteiger partial charge in [-0.1, -0.05) is 39.5 Å². The monoisotopic (exact) mass is 479 g/mol. The lowest BCUT2D eigenvalue weighted by atomic mass is 9.87. The van der Waals surface area contributed by atoms with E-state index in [1.54, 1.807) is 12.1 Å². The van der Waals surface area contributed by atoms with Crippen molar-refractivity contribution in [1.82, 2.24) is 5.32 Å². The molecule has 2 N–H and O–H groups in total. The minimum Gasteiger partial charge on any atom is -0.352 e. The fraction of sp³-hybridized carbons (Fsp3) is 0.304. The van der Waals surface area contributed by atoms with E-state index in [1.165, 1.54) is 12.1 Å². The summed E-state index contributed by atoms with van der Waals surface area (Å²) in [5.41, 5.74) is -1.06. The van der Waals surface area contributed by atoms with Gasteiger partial charge in [0.1, 0.15) is 0 Å². The Morgan fingerprint density at radius 1 is 1.06 bits per heavy atom. The quantitative estimate of drug-likeness (QED) is 0.546. The Bertz CT molecular complexity index is 1190. The summed E-state index contributed by atoms with van der Waals surface area (Å²) in [7, 11) is -4.29. The zero-order valence-corrected chi connectivity index (χ0v) is 19.2. The predicted octanol–water partition coefficient (Wildman–Crippen LogP) is 5.00. The second kappa shape index (κ2) is 9.67. The van der Waals surface area contributed by atoms with Gasteiger partial charge in [0.05, 0.1) is 27.8 Å². The van der Waals surface area contributed by atoms with Crippen LogP contribution in [0.25, 0.3) is 0 Å². The van der Waals surface area contributed by atoms with Crippen LogP contribution in [0.4, 0.5) is 18.9 Å². The molecule has 0 aliphatic heterocycles. The summed E-state index contributed by atoms with van der Waals surface area (Å²) in [4.78, 5) is 12.4. The number of nitrogens with one attached hydrogen (secondary N) is 2. The number of rotatable bonds is 7. The maximum absolute atomic E-state index is 13.2. The summed E-state index contributed by atoms with van der Waals surface area (Å²) in [6, 6.07) is 9.93. The van der Waals surface area contributed by atoms with Crippen LogP contribution in [-0.4, -0.2) is 20.9 Å². The molecule has 2 aromatic rings. The first-order chi connectivity index (χ1) is 15.1. The number of alkyl halides is 3. The normalized spacial score (nSPS) is 12.0. The van der Waals surface area contributed by atoms with Gasteiger partial charge < -0.3 is 5.32 Å². The summed E-state index contributed by atoms with van der Waals surface area (Å²) in [5, 5.41) is 11.2. The Morgan fingerprint density at radius 3 is 2.15 bits per heavy atom. The van der Waals surface area contributed by atoms with Crippen LogP contribution in [0, 0.1) is 11.3 Å². The van der Waals surface area contributed by atoms with Crippen molar-refractivity contribution in [3.8, 4) is 6.07 Å². The summed E-state index contributed by atoms with van der Waals surface area (Å²) >= 11 is 0. The lowest BCUT2D eigenvalue weighted by Crippen LogP contribution is -2.27. The van der Waals surface area contributed by atoms with E-state index in [2.05, 4.69) is 16.6 Å². The first kappa shape index (κ1) is 25.9. The van der Waals surface area contributed by atoms with Crippen molar-refractivity contribution < 1.29 is 26.4 Å². The lowest BCUT2D eigenvalue weighted by Gasteiger charge is -2.19. The molecule has 176 valence electrons. The van der Waals surface area contributed by atoms with Gasteiger partial charge in [0.15, 0.2) is 0 Å². The van der Waals surface area contributed by atoms with Crippen molar-refractivity contribution in [2.24, 2.45) is 0 Å². The summed E-state index contributed by atoms with van der Waals surface area (Å²) in [6.07, 6.45) is -4.60. The molecule has 0 bridgehead atoms. The van der Waals surface area contributed by atoms with E-state index >= 15 is 0 Å². The highest BCUT2D eigenvalue weighted by atomic mass is 32.2. The average molecular weight is 480 g/mol. The number of anilines is 1. The van der Waals surface area contributed by atoms with Gasteiger partial charge in [0.25, 0.3) is 15.9 Å². The van der Waals surface area contributed by atoms with Crippen LogP contribution in [0.15, 0.2) is 59.5 Å². The number of carbonyl (C=O) groups is 1. The van der Waals surface area contributed by atoms with Crippen molar-refractivity contribution >= 4 is 21.6 Å². The number of nitrogens with zero attached hydrogens (tertiary/aromatic N) is 1. The SMILES string of the molecule is C=C(C#N)CCNC(=O)c1ccc(C(F)(F)F)cc1NS(=O)(=O)c1ccc(C(C)(C)C)cc1. The number of halogens is 3. The number of hydrogen-bond acceptors (Lipinski definition) is 4. The molecule has 2 aromatic carbocycles. The van der Waals surface area contributed by atoms with Crippen molar-refractivity contribution in [2.45, 2.75) is 43.7 Å². The molecule has 0 atom stereocenters. The maximum atomic E-state index is 13.2. The molecule has 0 unspecified atom stereocenters. The van der Waals surface area contributed by atoms with Gasteiger partial charge in [0, 0.05) is 12.1 Å². The minimum absolute atomic E-state index is 0.00665. The van der Waals surface area contributed by atoms with Crippen LogP contribution in [0.1, 0.15) is 48.7 Å². The molecule has 0 aliphatic carbocycles. The molecule has 2 rings (SSSR count). The molecule has 33 heavy (non-hydrogen) atoms. The molecule has 0 saturated heterocycles. The topological polar surface area (TPSA) is 99.1 Å². The molecule has 0 radical (unpaired) electrons. The fourth-order valence-corrected chi connectivity index (χ4v) is 3.89. The van der Waals surface area contributed by atoms with E-state index < -0.39 is 33.4 Å². The third kappa shape index (κ3) is 6.83. The Hall–Kier alpha value is -3.32. The Morgan fingerprint density at radius 2 is 1.64 bits per heavy atom. The van der Waals surface area contributed by atoms with Gasteiger partial charge in [0.2, 0.25) is 0 Å². The van der Waals surface area contributed by atoms with E-state index in [0.717, 1.165) is 11.6 Å². The zero-order valence-electron chi connectivity index (χ0n) is 18.4. The summed E-state index contributed by atoms with van der Waals surface area (Å²) in [5.74, 6) is -0.796. The van der Waals surface area contributed by atoms with Crippen LogP contribution in [-0.2, 0) is 21.6 Å². The molecule has 0 fully saturated rings. The largest absolute Gasteiger partial charge is 0.416 e. The van der Waals surface area contributed by atoms with E-state index in [4.69, 9.17) is 5.26 Å². The minimum atomic E-state index is -4.74. The third-order valence-electron chi connectivity index (χ3n) is 4.74.